The third-order valence-electron chi connectivity index (χ3n) is 4.08. The summed E-state index contributed by atoms with van der Waals surface area (Å²) in [7, 11) is 0. The second-order valence-electron chi connectivity index (χ2n) is 5.81. The quantitative estimate of drug-likeness (QED) is 0.840. The lowest BCUT2D eigenvalue weighted by molar-refractivity contribution is -0.137. The fraction of sp³-hybridized carbons (Fsp3) is 0.500. The topological polar surface area (TPSA) is 32.3 Å². The number of halogens is 3. The molecule has 24 heavy (non-hydrogen) atoms. The zero-order valence-corrected chi connectivity index (χ0v) is 14.2. The van der Waals surface area contributed by atoms with Crippen LogP contribution in [-0.2, 0) is 19.1 Å². The summed E-state index contributed by atoms with van der Waals surface area (Å²) in [6.07, 6.45) is -3.46. The van der Waals surface area contributed by atoms with Crippen molar-refractivity contribution in [1.82, 2.24) is 14.3 Å². The average Bonchev–Trinajstić information content (AvgIpc) is 3.04. The molecule has 0 spiro atoms. The number of benzene rings is 1. The van der Waals surface area contributed by atoms with Crippen LogP contribution in [0.15, 0.2) is 24.3 Å². The molecular formula is C16H19F3N4S. The summed E-state index contributed by atoms with van der Waals surface area (Å²) < 4.78 is 42.7. The number of hydrogen-bond acceptors (Lipinski definition) is 5. The van der Waals surface area contributed by atoms with Gasteiger partial charge in [0.05, 0.1) is 5.56 Å². The van der Waals surface area contributed by atoms with Gasteiger partial charge in [-0.15, -0.1) is 0 Å². The van der Waals surface area contributed by atoms with Gasteiger partial charge in [0.1, 0.15) is 5.82 Å². The molecule has 1 aliphatic heterocycles. The van der Waals surface area contributed by atoms with Gasteiger partial charge in [-0.25, -0.2) is 4.98 Å². The van der Waals surface area contributed by atoms with Crippen LogP contribution in [0.1, 0.15) is 23.9 Å². The second-order valence-corrected chi connectivity index (χ2v) is 6.54. The first-order valence-electron chi connectivity index (χ1n) is 7.91. The molecule has 1 saturated heterocycles. The largest absolute Gasteiger partial charge is 0.416 e. The van der Waals surface area contributed by atoms with Crippen LogP contribution in [0.2, 0.25) is 0 Å². The maximum absolute atomic E-state index is 12.8. The Labute approximate surface area is 143 Å². The minimum atomic E-state index is -4.29. The molecule has 1 aromatic heterocycles. The maximum Gasteiger partial charge on any atom is 0.416 e. The third kappa shape index (κ3) is 4.05. The highest BCUT2D eigenvalue weighted by Gasteiger charge is 2.30. The predicted molar refractivity (Wildman–Crippen MR) is 88.2 cm³/mol. The third-order valence-corrected chi connectivity index (χ3v) is 4.89. The molecule has 0 radical (unpaired) electrons. The molecule has 0 bridgehead atoms. The fourth-order valence-electron chi connectivity index (χ4n) is 2.72. The van der Waals surface area contributed by atoms with Gasteiger partial charge in [0.15, 0.2) is 0 Å². The highest BCUT2D eigenvalue weighted by Crippen LogP contribution is 2.30. The highest BCUT2D eigenvalue weighted by molar-refractivity contribution is 7.09. The fourth-order valence-corrected chi connectivity index (χ4v) is 3.52. The monoisotopic (exact) mass is 356 g/mol. The van der Waals surface area contributed by atoms with Crippen molar-refractivity contribution in [2.24, 2.45) is 0 Å². The zero-order chi connectivity index (χ0) is 17.2. The van der Waals surface area contributed by atoms with E-state index in [0.29, 0.717) is 12.1 Å². The van der Waals surface area contributed by atoms with Gasteiger partial charge in [0.25, 0.3) is 0 Å². The number of piperazine rings is 1. The van der Waals surface area contributed by atoms with Crippen molar-refractivity contribution in [2.45, 2.75) is 26.1 Å². The summed E-state index contributed by atoms with van der Waals surface area (Å²) in [5.74, 6) is 0.862. The molecule has 0 unspecified atom stereocenters. The Morgan fingerprint density at radius 3 is 2.54 bits per heavy atom. The molecule has 130 valence electrons. The SMILES string of the molecule is CCc1nsc(N2CCN(Cc3cccc(C(F)(F)F)c3)CC2)n1. The van der Waals surface area contributed by atoms with E-state index < -0.39 is 11.7 Å². The molecule has 8 heteroatoms. The van der Waals surface area contributed by atoms with Crippen LogP contribution in [0.25, 0.3) is 0 Å². The minimum absolute atomic E-state index is 0.536. The van der Waals surface area contributed by atoms with Gasteiger partial charge < -0.3 is 4.90 Å². The Morgan fingerprint density at radius 1 is 1.17 bits per heavy atom. The molecule has 0 amide bonds. The average molecular weight is 356 g/mol. The van der Waals surface area contributed by atoms with Crippen LogP contribution < -0.4 is 4.90 Å². The Morgan fingerprint density at radius 2 is 1.92 bits per heavy atom. The van der Waals surface area contributed by atoms with Gasteiger partial charge in [-0.1, -0.05) is 25.1 Å². The lowest BCUT2D eigenvalue weighted by Gasteiger charge is -2.34. The number of anilines is 1. The summed E-state index contributed by atoms with van der Waals surface area (Å²) in [6, 6.07) is 5.58. The zero-order valence-electron chi connectivity index (χ0n) is 13.4. The number of rotatable bonds is 4. The molecule has 2 heterocycles. The number of aryl methyl sites for hydroxylation is 1. The van der Waals surface area contributed by atoms with Gasteiger partial charge in [0, 0.05) is 50.7 Å². The smallest absolute Gasteiger partial charge is 0.344 e. The van der Waals surface area contributed by atoms with Gasteiger partial charge in [-0.2, -0.15) is 17.5 Å². The number of aromatic nitrogens is 2. The van der Waals surface area contributed by atoms with Gasteiger partial charge in [-0.05, 0) is 11.6 Å². The van der Waals surface area contributed by atoms with Gasteiger partial charge in [0.2, 0.25) is 5.13 Å². The second kappa shape index (κ2) is 7.06. The van der Waals surface area contributed by atoms with E-state index in [4.69, 9.17) is 0 Å². The van der Waals surface area contributed by atoms with Gasteiger partial charge in [-0.3, -0.25) is 4.90 Å². The Kier molecular flexibility index (Phi) is 5.05. The van der Waals surface area contributed by atoms with Gasteiger partial charge >= 0.3 is 6.18 Å². The summed E-state index contributed by atoms with van der Waals surface area (Å²) >= 11 is 1.41. The summed E-state index contributed by atoms with van der Waals surface area (Å²) in [6.45, 7) is 5.80. The van der Waals surface area contributed by atoms with E-state index in [-0.39, 0.29) is 0 Å². The lowest BCUT2D eigenvalue weighted by Crippen LogP contribution is -2.46. The molecular weight excluding hydrogens is 337 g/mol. The van der Waals surface area contributed by atoms with E-state index in [1.807, 2.05) is 6.92 Å². The molecule has 1 fully saturated rings. The highest BCUT2D eigenvalue weighted by atomic mass is 32.1. The summed E-state index contributed by atoms with van der Waals surface area (Å²) in [5, 5.41) is 0.936. The first kappa shape index (κ1) is 17.2. The first-order valence-corrected chi connectivity index (χ1v) is 8.69. The molecule has 0 atom stereocenters. The van der Waals surface area contributed by atoms with E-state index in [1.165, 1.54) is 23.7 Å². The predicted octanol–water partition coefficient (Wildman–Crippen LogP) is 3.44. The van der Waals surface area contributed by atoms with Crippen molar-refractivity contribution in [3.8, 4) is 0 Å². The Hall–Kier alpha value is -1.67. The molecule has 4 nitrogen and oxygen atoms in total. The molecule has 1 aliphatic rings. The number of alkyl halides is 3. The Balaban J connectivity index is 1.57. The number of hydrogen-bond donors (Lipinski definition) is 0. The van der Waals surface area contributed by atoms with Crippen LogP contribution in [-0.4, -0.2) is 40.4 Å². The lowest BCUT2D eigenvalue weighted by atomic mass is 10.1. The molecule has 0 aliphatic carbocycles. The Bertz CT molecular complexity index is 678. The van der Waals surface area contributed by atoms with E-state index in [9.17, 15) is 13.2 Å². The molecule has 2 aromatic rings. The van der Waals surface area contributed by atoms with Crippen molar-refractivity contribution in [3.05, 3.63) is 41.2 Å². The van der Waals surface area contributed by atoms with Crippen molar-refractivity contribution in [2.75, 3.05) is 31.1 Å². The molecule has 1 aromatic carbocycles. The molecule has 3 rings (SSSR count). The minimum Gasteiger partial charge on any atom is -0.344 e. The van der Waals surface area contributed by atoms with E-state index in [0.717, 1.165) is 49.6 Å². The molecule has 0 N–H and O–H groups in total. The van der Waals surface area contributed by atoms with E-state index in [2.05, 4.69) is 19.2 Å². The maximum atomic E-state index is 12.8. The van der Waals surface area contributed by atoms with E-state index in [1.54, 1.807) is 6.07 Å². The van der Waals surface area contributed by atoms with Crippen LogP contribution in [0.3, 0.4) is 0 Å². The normalized spacial score (nSPS) is 16.6. The van der Waals surface area contributed by atoms with Crippen molar-refractivity contribution in [3.63, 3.8) is 0 Å². The first-order chi connectivity index (χ1) is 11.5. The molecule has 0 saturated carbocycles. The van der Waals surface area contributed by atoms with E-state index >= 15 is 0 Å². The number of nitrogens with zero attached hydrogens (tertiary/aromatic N) is 4. The van der Waals surface area contributed by atoms with Crippen molar-refractivity contribution >= 4 is 16.7 Å². The van der Waals surface area contributed by atoms with Crippen molar-refractivity contribution < 1.29 is 13.2 Å². The summed E-state index contributed by atoms with van der Waals surface area (Å²) in [5.41, 5.74) is 0.113. The van der Waals surface area contributed by atoms with Crippen LogP contribution in [0.4, 0.5) is 18.3 Å². The standard InChI is InChI=1S/C16H19F3N4S/c1-2-14-20-15(24-21-14)23-8-6-22(7-9-23)11-12-4-3-5-13(10-12)16(17,18)19/h3-5,10H,2,6-9,11H2,1H3. The van der Waals surface area contributed by atoms with Crippen molar-refractivity contribution in [1.29, 1.82) is 0 Å². The van der Waals surface area contributed by atoms with Crippen LogP contribution in [0, 0.1) is 0 Å². The van der Waals surface area contributed by atoms with Crippen LogP contribution >= 0.6 is 11.5 Å². The summed E-state index contributed by atoms with van der Waals surface area (Å²) in [4.78, 5) is 8.86. The van der Waals surface area contributed by atoms with Crippen LogP contribution in [0.5, 0.6) is 0 Å².